The van der Waals surface area contributed by atoms with Gasteiger partial charge in [0.15, 0.2) is 0 Å². The zero-order chi connectivity index (χ0) is 22.4. The van der Waals surface area contributed by atoms with Crippen LogP contribution in [0.4, 0.5) is 0 Å². The summed E-state index contributed by atoms with van der Waals surface area (Å²) in [4.78, 5) is 39.2. The first-order valence-corrected chi connectivity index (χ1v) is 9.91. The molecule has 0 radical (unpaired) electrons. The molecule has 1 aromatic rings. The van der Waals surface area contributed by atoms with Gasteiger partial charge in [-0.25, -0.2) is 0 Å². The maximum absolute atomic E-state index is 12.5. The van der Waals surface area contributed by atoms with Gasteiger partial charge >= 0.3 is 5.97 Å². The number of hydrogen-bond acceptors (Lipinski definition) is 8. The van der Waals surface area contributed by atoms with Gasteiger partial charge in [0.2, 0.25) is 0 Å². The molecule has 30 heavy (non-hydrogen) atoms. The van der Waals surface area contributed by atoms with Crippen molar-refractivity contribution >= 4 is 11.8 Å². The Balaban J connectivity index is 1.81. The number of carbonyl (C=O) groups is 2. The highest BCUT2D eigenvalue weighted by atomic mass is 17.0. The fourth-order valence-electron chi connectivity index (χ4n) is 4.90. The molecule has 9 nitrogen and oxygen atoms in total. The molecule has 4 rings (SSSR count). The fraction of sp³-hybridized carbons (Fsp3) is 0.619. The first kappa shape index (κ1) is 21.9. The van der Waals surface area contributed by atoms with E-state index < -0.39 is 23.1 Å². The summed E-state index contributed by atoms with van der Waals surface area (Å²) in [6, 6.07) is 2.82. The number of benzene rings is 1. The number of ether oxygens (including phenoxy) is 1. The van der Waals surface area contributed by atoms with Crippen LogP contribution in [0.1, 0.15) is 57.6 Å². The highest BCUT2D eigenvalue weighted by Gasteiger charge is 2.59. The number of nitrogens with zero attached hydrogens (tertiary/aromatic N) is 1. The van der Waals surface area contributed by atoms with Crippen LogP contribution in [-0.4, -0.2) is 40.3 Å². The topological polar surface area (TPSA) is 136 Å². The summed E-state index contributed by atoms with van der Waals surface area (Å²) in [7, 11) is 0. The van der Waals surface area contributed by atoms with Gasteiger partial charge in [0.25, 0.3) is 5.09 Å². The Morgan fingerprint density at radius 1 is 1.27 bits per heavy atom. The van der Waals surface area contributed by atoms with E-state index in [9.17, 15) is 29.9 Å². The Bertz CT molecular complexity index is 868. The van der Waals surface area contributed by atoms with Crippen molar-refractivity contribution in [2.75, 3.05) is 13.2 Å². The van der Waals surface area contributed by atoms with Gasteiger partial charge in [-0.1, -0.05) is 13.8 Å². The number of phenolic OH excluding ortho intramolecular Hbond substituents is 2. The largest absolute Gasteiger partial charge is 0.508 e. The second-order valence-electron chi connectivity index (χ2n) is 9.24. The van der Waals surface area contributed by atoms with Crippen LogP contribution in [0.3, 0.4) is 0 Å². The van der Waals surface area contributed by atoms with Crippen molar-refractivity contribution in [3.8, 4) is 11.5 Å². The molecule has 0 saturated heterocycles. The third-order valence-corrected chi connectivity index (χ3v) is 6.89. The smallest absolute Gasteiger partial charge is 0.316 e. The average Bonchev–Trinajstić information content (AvgIpc) is 2.63. The molecular weight excluding hydrogens is 394 g/mol. The summed E-state index contributed by atoms with van der Waals surface area (Å²) in [6.45, 7) is 6.50. The lowest BCUT2D eigenvalue weighted by Crippen LogP contribution is -2.56. The minimum absolute atomic E-state index is 0.0373. The van der Waals surface area contributed by atoms with Gasteiger partial charge in [0, 0.05) is 23.8 Å². The van der Waals surface area contributed by atoms with E-state index in [4.69, 9.17) is 4.74 Å². The molecule has 3 saturated carbocycles. The summed E-state index contributed by atoms with van der Waals surface area (Å²) in [5.41, 5.74) is -0.737. The maximum atomic E-state index is 12.5. The minimum Gasteiger partial charge on any atom is -0.508 e. The standard InChI is InChI=1S/C21H27NO8/c1-20(2,19(26)29-5-6-30-22(27)28)11-7-16(24)18(17(25)8-11)12-9-15(23)14-10-13(12)21(14,3)4/h7-8,12-14,24-25H,5-6,9-10H2,1-4H3/t12-,13-,14+/m1/s1. The molecule has 0 spiro atoms. The molecule has 2 N–H and O–H groups in total. The third kappa shape index (κ3) is 3.57. The summed E-state index contributed by atoms with van der Waals surface area (Å²) in [6.07, 6.45) is 1.03. The van der Waals surface area contributed by atoms with Crippen LogP contribution in [0.2, 0.25) is 0 Å². The van der Waals surface area contributed by atoms with Gasteiger partial charge in [-0.2, -0.15) is 0 Å². The highest BCUT2D eigenvalue weighted by molar-refractivity contribution is 5.86. The molecule has 0 heterocycles. The van der Waals surface area contributed by atoms with E-state index in [2.05, 4.69) is 4.84 Å². The molecule has 3 aliphatic rings. The van der Waals surface area contributed by atoms with Crippen molar-refractivity contribution in [2.24, 2.45) is 17.3 Å². The SMILES string of the molecule is CC(C)(C(=O)OCCO[N+](=O)[O-])c1cc(O)c([C@@H]2CC(=O)[C@@H]3C[C@H]2C3(C)C)c(O)c1. The number of esters is 1. The number of phenols is 2. The first-order chi connectivity index (χ1) is 13.9. The van der Waals surface area contributed by atoms with Crippen molar-refractivity contribution in [2.45, 2.75) is 51.9 Å². The number of fused-ring (bicyclic) bond motifs is 2. The molecule has 164 valence electrons. The van der Waals surface area contributed by atoms with Crippen molar-refractivity contribution < 1.29 is 34.5 Å². The van der Waals surface area contributed by atoms with E-state index in [1.165, 1.54) is 12.1 Å². The Morgan fingerprint density at radius 3 is 2.37 bits per heavy atom. The van der Waals surface area contributed by atoms with Crippen molar-refractivity contribution in [1.29, 1.82) is 0 Å². The van der Waals surface area contributed by atoms with Gasteiger partial charge in [-0.3, -0.25) is 9.59 Å². The quantitative estimate of drug-likeness (QED) is 0.297. The highest BCUT2D eigenvalue weighted by Crippen LogP contribution is 2.64. The summed E-state index contributed by atoms with van der Waals surface area (Å²) in [5.74, 6) is -0.922. The van der Waals surface area contributed by atoms with Gasteiger partial charge in [0.05, 0.1) is 5.41 Å². The first-order valence-electron chi connectivity index (χ1n) is 9.91. The van der Waals surface area contributed by atoms with Gasteiger partial charge < -0.3 is 19.8 Å². The second-order valence-corrected chi connectivity index (χ2v) is 9.24. The van der Waals surface area contributed by atoms with Gasteiger partial charge in [0.1, 0.15) is 30.5 Å². The lowest BCUT2D eigenvalue weighted by molar-refractivity contribution is -0.757. The molecule has 1 aromatic carbocycles. The van der Waals surface area contributed by atoms with Gasteiger partial charge in [-0.15, -0.1) is 10.1 Å². The lowest BCUT2D eigenvalue weighted by Gasteiger charge is -2.59. The number of rotatable bonds is 7. The van der Waals surface area contributed by atoms with Crippen LogP contribution in [0, 0.1) is 27.4 Å². The van der Waals surface area contributed by atoms with Crippen LogP contribution >= 0.6 is 0 Å². The Hall–Kier alpha value is -2.84. The molecule has 9 heteroatoms. The number of carbonyl (C=O) groups excluding carboxylic acids is 2. The molecule has 2 bridgehead atoms. The van der Waals surface area contributed by atoms with Crippen molar-refractivity contribution in [3.63, 3.8) is 0 Å². The summed E-state index contributed by atoms with van der Waals surface area (Å²) < 4.78 is 5.03. The molecule has 3 atom stereocenters. The number of aromatic hydroxyl groups is 2. The van der Waals surface area contributed by atoms with Crippen molar-refractivity contribution in [1.82, 2.24) is 0 Å². The molecule has 0 aliphatic heterocycles. The molecule has 3 fully saturated rings. The van der Waals surface area contributed by atoms with Crippen LogP contribution in [0.25, 0.3) is 0 Å². The second kappa shape index (κ2) is 7.45. The monoisotopic (exact) mass is 421 g/mol. The summed E-state index contributed by atoms with van der Waals surface area (Å²) >= 11 is 0. The predicted molar refractivity (Wildman–Crippen MR) is 104 cm³/mol. The van der Waals surface area contributed by atoms with E-state index in [-0.39, 0.29) is 53.5 Å². The molecule has 0 amide bonds. The minimum atomic E-state index is -1.23. The van der Waals surface area contributed by atoms with Crippen LogP contribution in [0.5, 0.6) is 11.5 Å². The number of ketones is 1. The predicted octanol–water partition coefficient (Wildman–Crippen LogP) is 2.85. The number of Topliss-reactive ketones (excluding diaryl/α,β-unsaturated/α-hetero) is 1. The van der Waals surface area contributed by atoms with Gasteiger partial charge in [-0.05, 0) is 49.3 Å². The average molecular weight is 421 g/mol. The van der Waals surface area contributed by atoms with E-state index >= 15 is 0 Å². The van der Waals surface area contributed by atoms with E-state index in [1.54, 1.807) is 13.8 Å². The van der Waals surface area contributed by atoms with Crippen molar-refractivity contribution in [3.05, 3.63) is 33.4 Å². The molecule has 0 unspecified atom stereocenters. The normalized spacial score (nSPS) is 24.7. The van der Waals surface area contributed by atoms with Crippen LogP contribution in [0.15, 0.2) is 12.1 Å². The van der Waals surface area contributed by atoms with Crippen LogP contribution < -0.4 is 0 Å². The zero-order valence-corrected chi connectivity index (χ0v) is 17.5. The van der Waals surface area contributed by atoms with E-state index in [0.717, 1.165) is 6.42 Å². The lowest BCUT2D eigenvalue weighted by atomic mass is 9.44. The Kier molecular flexibility index (Phi) is 5.43. The Morgan fingerprint density at radius 2 is 1.87 bits per heavy atom. The van der Waals surface area contributed by atoms with Crippen LogP contribution in [-0.2, 0) is 24.6 Å². The van der Waals surface area contributed by atoms with E-state index in [1.807, 2.05) is 13.8 Å². The maximum Gasteiger partial charge on any atom is 0.316 e. The fourth-order valence-corrected chi connectivity index (χ4v) is 4.90. The number of hydrogen-bond donors (Lipinski definition) is 2. The molecular formula is C21H27NO8. The van der Waals surface area contributed by atoms with E-state index in [0.29, 0.717) is 11.1 Å². The molecule has 0 aromatic heterocycles. The Labute approximate surface area is 174 Å². The summed E-state index contributed by atoms with van der Waals surface area (Å²) in [5, 5.41) is 30.6. The third-order valence-electron chi connectivity index (χ3n) is 6.89. The molecule has 3 aliphatic carbocycles. The zero-order valence-electron chi connectivity index (χ0n) is 17.5.